The SMILES string of the molecule is CC(C)C1(C)CN(C(=O)C(C)(C)N)C1. The van der Waals surface area contributed by atoms with Gasteiger partial charge in [-0.1, -0.05) is 20.8 Å². The molecular weight excluding hydrogens is 176 g/mol. The van der Waals surface area contributed by atoms with Crippen LogP contribution in [0, 0.1) is 11.3 Å². The highest BCUT2D eigenvalue weighted by Crippen LogP contribution is 2.37. The number of rotatable bonds is 2. The van der Waals surface area contributed by atoms with Crippen molar-refractivity contribution in [3.05, 3.63) is 0 Å². The van der Waals surface area contributed by atoms with Crippen molar-refractivity contribution in [3.63, 3.8) is 0 Å². The predicted molar refractivity (Wildman–Crippen MR) is 57.8 cm³/mol. The molecule has 0 saturated carbocycles. The van der Waals surface area contributed by atoms with Crippen molar-refractivity contribution >= 4 is 5.91 Å². The second-order valence-corrected chi connectivity index (χ2v) is 5.69. The lowest BCUT2D eigenvalue weighted by Crippen LogP contribution is -2.64. The highest BCUT2D eigenvalue weighted by Gasteiger charge is 2.45. The average molecular weight is 198 g/mol. The Kier molecular flexibility index (Phi) is 2.65. The van der Waals surface area contributed by atoms with Gasteiger partial charge < -0.3 is 10.6 Å². The van der Waals surface area contributed by atoms with E-state index in [1.54, 1.807) is 13.8 Å². The monoisotopic (exact) mass is 198 g/mol. The third-order valence-electron chi connectivity index (χ3n) is 3.34. The lowest BCUT2D eigenvalue weighted by molar-refractivity contribution is -0.149. The van der Waals surface area contributed by atoms with Crippen molar-refractivity contribution < 1.29 is 4.79 Å². The van der Waals surface area contributed by atoms with Gasteiger partial charge in [0.1, 0.15) is 0 Å². The zero-order chi connectivity index (χ0) is 11.1. The van der Waals surface area contributed by atoms with Crippen LogP contribution in [0.15, 0.2) is 0 Å². The van der Waals surface area contributed by atoms with E-state index < -0.39 is 5.54 Å². The maximum Gasteiger partial charge on any atom is 0.242 e. The largest absolute Gasteiger partial charge is 0.340 e. The van der Waals surface area contributed by atoms with Gasteiger partial charge >= 0.3 is 0 Å². The number of carbonyl (C=O) groups excluding carboxylic acids is 1. The number of hydrogen-bond acceptors (Lipinski definition) is 2. The second-order valence-electron chi connectivity index (χ2n) is 5.69. The molecule has 0 aromatic heterocycles. The Morgan fingerprint density at radius 3 is 2.14 bits per heavy atom. The van der Waals surface area contributed by atoms with Gasteiger partial charge in [0.05, 0.1) is 5.54 Å². The molecule has 0 aromatic carbocycles. The van der Waals surface area contributed by atoms with Gasteiger partial charge in [-0.3, -0.25) is 4.79 Å². The van der Waals surface area contributed by atoms with Crippen LogP contribution < -0.4 is 5.73 Å². The number of nitrogens with zero attached hydrogens (tertiary/aromatic N) is 1. The first-order valence-corrected chi connectivity index (χ1v) is 5.25. The summed E-state index contributed by atoms with van der Waals surface area (Å²) >= 11 is 0. The zero-order valence-corrected chi connectivity index (χ0v) is 9.92. The van der Waals surface area contributed by atoms with Gasteiger partial charge in [-0.25, -0.2) is 0 Å². The van der Waals surface area contributed by atoms with Crippen LogP contribution in [0.5, 0.6) is 0 Å². The number of carbonyl (C=O) groups is 1. The van der Waals surface area contributed by atoms with E-state index in [0.717, 1.165) is 13.1 Å². The van der Waals surface area contributed by atoms with E-state index in [2.05, 4.69) is 20.8 Å². The summed E-state index contributed by atoms with van der Waals surface area (Å²) in [5.41, 5.74) is 5.33. The van der Waals surface area contributed by atoms with Gasteiger partial charge in [0, 0.05) is 18.5 Å². The molecule has 3 heteroatoms. The minimum absolute atomic E-state index is 0.0654. The molecular formula is C11H22N2O. The van der Waals surface area contributed by atoms with Crippen LogP contribution in [0.4, 0.5) is 0 Å². The molecule has 0 bridgehead atoms. The second kappa shape index (κ2) is 3.23. The smallest absolute Gasteiger partial charge is 0.242 e. The molecule has 1 heterocycles. The van der Waals surface area contributed by atoms with Crippen molar-refractivity contribution in [3.8, 4) is 0 Å². The topological polar surface area (TPSA) is 46.3 Å². The maximum atomic E-state index is 11.8. The molecule has 82 valence electrons. The third kappa shape index (κ3) is 1.92. The summed E-state index contributed by atoms with van der Waals surface area (Å²) in [5.74, 6) is 0.683. The summed E-state index contributed by atoms with van der Waals surface area (Å²) in [6.07, 6.45) is 0. The molecule has 0 aromatic rings. The number of amides is 1. The van der Waals surface area contributed by atoms with E-state index in [9.17, 15) is 4.79 Å². The van der Waals surface area contributed by atoms with E-state index in [1.165, 1.54) is 0 Å². The van der Waals surface area contributed by atoms with Crippen LogP contribution in [0.2, 0.25) is 0 Å². The van der Waals surface area contributed by atoms with E-state index in [1.807, 2.05) is 4.90 Å². The minimum atomic E-state index is -0.724. The van der Waals surface area contributed by atoms with Gasteiger partial charge in [0.15, 0.2) is 0 Å². The molecule has 1 saturated heterocycles. The summed E-state index contributed by atoms with van der Waals surface area (Å²) in [6, 6.07) is 0. The molecule has 0 aliphatic carbocycles. The Morgan fingerprint density at radius 2 is 1.86 bits per heavy atom. The zero-order valence-electron chi connectivity index (χ0n) is 9.92. The Balaban J connectivity index is 2.54. The molecule has 1 fully saturated rings. The van der Waals surface area contributed by atoms with Crippen molar-refractivity contribution in [2.75, 3.05) is 13.1 Å². The van der Waals surface area contributed by atoms with Crippen LogP contribution in [0.25, 0.3) is 0 Å². The van der Waals surface area contributed by atoms with Crippen molar-refractivity contribution in [2.24, 2.45) is 17.1 Å². The van der Waals surface area contributed by atoms with Crippen LogP contribution in [0.3, 0.4) is 0 Å². The Hall–Kier alpha value is -0.570. The molecule has 0 atom stereocenters. The van der Waals surface area contributed by atoms with E-state index in [-0.39, 0.29) is 5.91 Å². The first-order valence-electron chi connectivity index (χ1n) is 5.25. The van der Waals surface area contributed by atoms with E-state index >= 15 is 0 Å². The minimum Gasteiger partial charge on any atom is -0.340 e. The van der Waals surface area contributed by atoms with Gasteiger partial charge in [0.2, 0.25) is 5.91 Å². The fraction of sp³-hybridized carbons (Fsp3) is 0.909. The first kappa shape index (κ1) is 11.5. The summed E-state index contributed by atoms with van der Waals surface area (Å²) in [7, 11) is 0. The molecule has 0 unspecified atom stereocenters. The van der Waals surface area contributed by atoms with E-state index in [4.69, 9.17) is 5.73 Å². The highest BCUT2D eigenvalue weighted by molar-refractivity contribution is 5.86. The molecule has 14 heavy (non-hydrogen) atoms. The fourth-order valence-electron chi connectivity index (χ4n) is 1.74. The normalized spacial score (nSPS) is 20.9. The Bertz CT molecular complexity index is 234. The molecule has 3 nitrogen and oxygen atoms in total. The summed E-state index contributed by atoms with van der Waals surface area (Å²) in [4.78, 5) is 13.6. The Morgan fingerprint density at radius 1 is 1.43 bits per heavy atom. The van der Waals surface area contributed by atoms with Gasteiger partial charge in [-0.05, 0) is 19.8 Å². The van der Waals surface area contributed by atoms with Crippen LogP contribution >= 0.6 is 0 Å². The van der Waals surface area contributed by atoms with Crippen LogP contribution in [-0.2, 0) is 4.79 Å². The molecule has 2 N–H and O–H groups in total. The quantitative estimate of drug-likeness (QED) is 0.725. The highest BCUT2D eigenvalue weighted by atomic mass is 16.2. The fourth-order valence-corrected chi connectivity index (χ4v) is 1.74. The standard InChI is InChI=1S/C11H22N2O/c1-8(2)11(5)6-13(7-11)9(14)10(3,4)12/h8H,6-7,12H2,1-5H3. The average Bonchev–Trinajstić information content (AvgIpc) is 1.95. The van der Waals surface area contributed by atoms with Crippen LogP contribution in [-0.4, -0.2) is 29.4 Å². The number of hydrogen-bond donors (Lipinski definition) is 1. The number of nitrogens with two attached hydrogens (primary N) is 1. The van der Waals surface area contributed by atoms with Gasteiger partial charge in [-0.15, -0.1) is 0 Å². The Labute approximate surface area is 86.6 Å². The lowest BCUT2D eigenvalue weighted by Gasteiger charge is -2.52. The van der Waals surface area contributed by atoms with Crippen LogP contribution in [0.1, 0.15) is 34.6 Å². The molecule has 1 aliphatic rings. The first-order chi connectivity index (χ1) is 6.17. The van der Waals surface area contributed by atoms with Gasteiger partial charge in [-0.2, -0.15) is 0 Å². The lowest BCUT2D eigenvalue weighted by atomic mass is 9.72. The van der Waals surface area contributed by atoms with E-state index in [0.29, 0.717) is 11.3 Å². The molecule has 0 radical (unpaired) electrons. The number of likely N-dealkylation sites (tertiary alicyclic amines) is 1. The molecule has 1 aliphatic heterocycles. The van der Waals surface area contributed by atoms with Gasteiger partial charge in [0.25, 0.3) is 0 Å². The summed E-state index contributed by atoms with van der Waals surface area (Å²) < 4.78 is 0. The predicted octanol–water partition coefficient (Wildman–Crippen LogP) is 1.23. The van der Waals surface area contributed by atoms with Crippen molar-refractivity contribution in [1.82, 2.24) is 4.90 Å². The third-order valence-corrected chi connectivity index (χ3v) is 3.34. The summed E-state index contributed by atoms with van der Waals surface area (Å²) in [5, 5.41) is 0. The molecule has 1 rings (SSSR count). The van der Waals surface area contributed by atoms with Crippen molar-refractivity contribution in [2.45, 2.75) is 40.2 Å². The molecule has 1 amide bonds. The maximum absolute atomic E-state index is 11.8. The molecule has 0 spiro atoms. The van der Waals surface area contributed by atoms with Crippen molar-refractivity contribution in [1.29, 1.82) is 0 Å². The summed E-state index contributed by atoms with van der Waals surface area (Å²) in [6.45, 7) is 11.9.